The van der Waals surface area contributed by atoms with Crippen molar-refractivity contribution in [3.8, 4) is 0 Å². The first-order valence-electron chi connectivity index (χ1n) is 5.44. The molecule has 0 aliphatic carbocycles. The lowest BCUT2D eigenvalue weighted by Gasteiger charge is -2.09. The molecular formula is C11H13N3OS2. The van der Waals surface area contributed by atoms with Crippen molar-refractivity contribution in [2.45, 2.75) is 20.4 Å². The van der Waals surface area contributed by atoms with Crippen molar-refractivity contribution < 1.29 is 4.79 Å². The maximum absolute atomic E-state index is 12.0. The number of likely N-dealkylation sites (N-methyl/N-ethyl adjacent to an activating group) is 1. The van der Waals surface area contributed by atoms with E-state index in [0.29, 0.717) is 15.8 Å². The second-order valence-electron chi connectivity index (χ2n) is 3.50. The van der Waals surface area contributed by atoms with Gasteiger partial charge in [-0.05, 0) is 26.0 Å². The van der Waals surface area contributed by atoms with E-state index in [1.807, 2.05) is 30.7 Å². The van der Waals surface area contributed by atoms with Crippen LogP contribution in [0.2, 0.25) is 0 Å². The van der Waals surface area contributed by atoms with Crippen LogP contribution in [0.15, 0.2) is 17.2 Å². The molecule has 1 aromatic rings. The quantitative estimate of drug-likeness (QED) is 0.621. The van der Waals surface area contributed by atoms with Crippen LogP contribution in [0, 0.1) is 0 Å². The van der Waals surface area contributed by atoms with E-state index in [0.717, 1.165) is 12.2 Å². The Balaban J connectivity index is 2.30. The summed E-state index contributed by atoms with van der Waals surface area (Å²) in [4.78, 5) is 14.3. The van der Waals surface area contributed by atoms with Crippen LogP contribution < -0.4 is 0 Å². The van der Waals surface area contributed by atoms with Gasteiger partial charge in [-0.25, -0.2) is 0 Å². The van der Waals surface area contributed by atoms with Gasteiger partial charge in [-0.3, -0.25) is 14.4 Å². The molecule has 90 valence electrons. The van der Waals surface area contributed by atoms with Crippen molar-refractivity contribution in [3.63, 3.8) is 0 Å². The van der Waals surface area contributed by atoms with Crippen molar-refractivity contribution >= 4 is 40.3 Å². The Bertz CT molecular complexity index is 493. The molecule has 1 aliphatic rings. The third-order valence-corrected chi connectivity index (χ3v) is 3.90. The highest BCUT2D eigenvalue weighted by Crippen LogP contribution is 2.32. The molecule has 4 nitrogen and oxygen atoms in total. The standard InChI is InChI=1S/C11H13N3OS2/c1-3-13-10(15)9(17-11(13)16)7-8-5-6-12-14(8)4-2/h5-7H,3-4H2,1-2H3/b9-7+. The number of aromatic nitrogens is 2. The van der Waals surface area contributed by atoms with Gasteiger partial charge in [-0.15, -0.1) is 0 Å². The summed E-state index contributed by atoms with van der Waals surface area (Å²) in [5.74, 6) is -0.00801. The van der Waals surface area contributed by atoms with Crippen LogP contribution in [0.3, 0.4) is 0 Å². The van der Waals surface area contributed by atoms with E-state index >= 15 is 0 Å². The second-order valence-corrected chi connectivity index (χ2v) is 5.17. The molecule has 2 rings (SSSR count). The highest BCUT2D eigenvalue weighted by Gasteiger charge is 2.30. The summed E-state index contributed by atoms with van der Waals surface area (Å²) < 4.78 is 2.48. The SMILES string of the molecule is CCN1C(=O)/C(=C\c2ccnn2CC)SC1=S. The fourth-order valence-electron chi connectivity index (χ4n) is 1.64. The number of carbonyl (C=O) groups excluding carboxylic acids is 1. The fourth-order valence-corrected chi connectivity index (χ4v) is 3.01. The summed E-state index contributed by atoms with van der Waals surface area (Å²) in [6.07, 6.45) is 3.58. The number of hydrogen-bond acceptors (Lipinski definition) is 4. The highest BCUT2D eigenvalue weighted by atomic mass is 32.2. The number of hydrogen-bond donors (Lipinski definition) is 0. The van der Waals surface area contributed by atoms with Gasteiger partial charge in [0.15, 0.2) is 0 Å². The van der Waals surface area contributed by atoms with E-state index in [-0.39, 0.29) is 5.91 Å². The van der Waals surface area contributed by atoms with Crippen LogP contribution in [-0.4, -0.2) is 31.5 Å². The summed E-state index contributed by atoms with van der Waals surface area (Å²) in [6.45, 7) is 5.34. The average Bonchev–Trinajstić information content (AvgIpc) is 2.85. The minimum absolute atomic E-state index is 0.00801. The predicted molar refractivity (Wildman–Crippen MR) is 73.5 cm³/mol. The number of amides is 1. The van der Waals surface area contributed by atoms with Crippen molar-refractivity contribution in [3.05, 3.63) is 22.9 Å². The largest absolute Gasteiger partial charge is 0.293 e. The number of thiocarbonyl (C=S) groups is 1. The number of nitrogens with zero attached hydrogens (tertiary/aromatic N) is 3. The maximum atomic E-state index is 12.0. The van der Waals surface area contributed by atoms with Gasteiger partial charge in [0, 0.05) is 19.3 Å². The average molecular weight is 267 g/mol. The molecule has 0 radical (unpaired) electrons. The van der Waals surface area contributed by atoms with Gasteiger partial charge in [0.25, 0.3) is 5.91 Å². The molecule has 0 N–H and O–H groups in total. The Kier molecular flexibility index (Phi) is 3.63. The molecule has 0 unspecified atom stereocenters. The van der Waals surface area contributed by atoms with Gasteiger partial charge in [0.1, 0.15) is 4.32 Å². The van der Waals surface area contributed by atoms with Crippen molar-refractivity contribution in [2.75, 3.05) is 6.54 Å². The summed E-state index contributed by atoms with van der Waals surface area (Å²) in [7, 11) is 0. The lowest BCUT2D eigenvalue weighted by atomic mass is 10.3. The Morgan fingerprint density at radius 2 is 2.24 bits per heavy atom. The third-order valence-electron chi connectivity index (χ3n) is 2.52. The molecular weight excluding hydrogens is 254 g/mol. The van der Waals surface area contributed by atoms with Crippen molar-refractivity contribution in [1.29, 1.82) is 0 Å². The molecule has 0 saturated carbocycles. The molecule has 1 aromatic heterocycles. The lowest BCUT2D eigenvalue weighted by molar-refractivity contribution is -0.121. The molecule has 2 heterocycles. The first kappa shape index (κ1) is 12.3. The van der Waals surface area contributed by atoms with Gasteiger partial charge in [-0.2, -0.15) is 5.10 Å². The molecule has 1 aliphatic heterocycles. The first-order valence-corrected chi connectivity index (χ1v) is 6.67. The fraction of sp³-hybridized carbons (Fsp3) is 0.364. The van der Waals surface area contributed by atoms with Gasteiger partial charge in [-0.1, -0.05) is 24.0 Å². The van der Waals surface area contributed by atoms with Crippen LogP contribution in [-0.2, 0) is 11.3 Å². The zero-order valence-electron chi connectivity index (χ0n) is 9.71. The smallest absolute Gasteiger partial charge is 0.266 e. The molecule has 1 amide bonds. The van der Waals surface area contributed by atoms with Crippen LogP contribution >= 0.6 is 24.0 Å². The molecule has 6 heteroatoms. The van der Waals surface area contributed by atoms with E-state index in [1.54, 1.807) is 11.1 Å². The van der Waals surface area contributed by atoms with E-state index in [2.05, 4.69) is 5.10 Å². The van der Waals surface area contributed by atoms with E-state index in [4.69, 9.17) is 12.2 Å². The van der Waals surface area contributed by atoms with E-state index in [1.165, 1.54) is 11.8 Å². The zero-order valence-corrected chi connectivity index (χ0v) is 11.3. The van der Waals surface area contributed by atoms with Crippen LogP contribution in [0.25, 0.3) is 6.08 Å². The minimum atomic E-state index is -0.00801. The third kappa shape index (κ3) is 2.28. The van der Waals surface area contributed by atoms with Crippen molar-refractivity contribution in [1.82, 2.24) is 14.7 Å². The Labute approximate surface area is 110 Å². The summed E-state index contributed by atoms with van der Waals surface area (Å²) in [6, 6.07) is 1.89. The van der Waals surface area contributed by atoms with Crippen LogP contribution in [0.1, 0.15) is 19.5 Å². The van der Waals surface area contributed by atoms with Gasteiger partial charge < -0.3 is 0 Å². The minimum Gasteiger partial charge on any atom is -0.293 e. The number of rotatable bonds is 3. The maximum Gasteiger partial charge on any atom is 0.266 e. The Morgan fingerprint density at radius 1 is 1.47 bits per heavy atom. The highest BCUT2D eigenvalue weighted by molar-refractivity contribution is 8.26. The molecule has 1 saturated heterocycles. The molecule has 1 fully saturated rings. The molecule has 0 bridgehead atoms. The Morgan fingerprint density at radius 3 is 2.82 bits per heavy atom. The first-order chi connectivity index (χ1) is 8.17. The monoisotopic (exact) mass is 267 g/mol. The topological polar surface area (TPSA) is 38.1 Å². The molecule has 17 heavy (non-hydrogen) atoms. The van der Waals surface area contributed by atoms with Gasteiger partial charge >= 0.3 is 0 Å². The zero-order chi connectivity index (χ0) is 12.4. The van der Waals surface area contributed by atoms with Crippen molar-refractivity contribution in [2.24, 2.45) is 0 Å². The van der Waals surface area contributed by atoms with E-state index < -0.39 is 0 Å². The summed E-state index contributed by atoms with van der Waals surface area (Å²) in [5.41, 5.74) is 0.934. The summed E-state index contributed by atoms with van der Waals surface area (Å²) in [5, 5.41) is 4.17. The van der Waals surface area contributed by atoms with Crippen LogP contribution in [0.4, 0.5) is 0 Å². The number of thioether (sulfide) groups is 1. The normalized spacial score (nSPS) is 18.5. The molecule has 0 aromatic carbocycles. The second kappa shape index (κ2) is 5.01. The van der Waals surface area contributed by atoms with Gasteiger partial charge in [0.05, 0.1) is 10.6 Å². The number of carbonyl (C=O) groups is 1. The summed E-state index contributed by atoms with van der Waals surface area (Å²) >= 11 is 6.51. The number of aryl methyl sites for hydroxylation is 1. The lowest BCUT2D eigenvalue weighted by Crippen LogP contribution is -2.27. The molecule has 0 spiro atoms. The predicted octanol–water partition coefficient (Wildman–Crippen LogP) is 2.12. The molecule has 0 atom stereocenters. The Hall–Kier alpha value is -1.14. The van der Waals surface area contributed by atoms with Gasteiger partial charge in [0.2, 0.25) is 0 Å². The van der Waals surface area contributed by atoms with Crippen LogP contribution in [0.5, 0.6) is 0 Å². The van der Waals surface area contributed by atoms with E-state index in [9.17, 15) is 4.79 Å².